The molecule has 2 aromatic carbocycles. The van der Waals surface area contributed by atoms with Gasteiger partial charge in [-0.1, -0.05) is 48.0 Å². The van der Waals surface area contributed by atoms with Crippen LogP contribution in [0.5, 0.6) is 5.75 Å². The number of hydrogen-bond donors (Lipinski definition) is 2. The third-order valence-corrected chi connectivity index (χ3v) is 3.51. The zero-order chi connectivity index (χ0) is 15.9. The Morgan fingerprint density at radius 2 is 1.86 bits per heavy atom. The summed E-state index contributed by atoms with van der Waals surface area (Å²) in [6.07, 6.45) is -0.414. The summed E-state index contributed by atoms with van der Waals surface area (Å²) in [6.45, 7) is 5.07. The molecular formula is C18H22ClNO2. The van der Waals surface area contributed by atoms with Gasteiger partial charge in [-0.2, -0.15) is 0 Å². The lowest BCUT2D eigenvalue weighted by atomic mass is 10.1. The van der Waals surface area contributed by atoms with Crippen LogP contribution in [0, 0.1) is 0 Å². The molecule has 3 nitrogen and oxygen atoms in total. The Labute approximate surface area is 136 Å². The lowest BCUT2D eigenvalue weighted by molar-refractivity contribution is 0.174. The van der Waals surface area contributed by atoms with Crippen LogP contribution in [0.1, 0.15) is 31.1 Å². The van der Waals surface area contributed by atoms with E-state index in [9.17, 15) is 5.11 Å². The molecular weight excluding hydrogens is 298 g/mol. The molecule has 1 atom stereocenters. The fourth-order valence-corrected chi connectivity index (χ4v) is 2.40. The molecule has 0 fully saturated rings. The van der Waals surface area contributed by atoms with Crippen LogP contribution in [-0.4, -0.2) is 17.8 Å². The highest BCUT2D eigenvalue weighted by molar-refractivity contribution is 6.32. The van der Waals surface area contributed by atoms with Crippen molar-refractivity contribution in [3.8, 4) is 5.75 Å². The first-order valence-electron chi connectivity index (χ1n) is 7.45. The standard InChI is InChI=1S/C18H22ClNO2/c1-13(2)22-18-9-8-14(10-16(18)19)11-20-12-17(21)15-6-4-3-5-7-15/h3-10,13,17,20-21H,11-12H2,1-2H3/t17-/m0/s1. The number of ether oxygens (including phenoxy) is 1. The summed E-state index contributed by atoms with van der Waals surface area (Å²) in [5.41, 5.74) is 1.97. The number of halogens is 1. The quantitative estimate of drug-likeness (QED) is 0.812. The smallest absolute Gasteiger partial charge is 0.138 e. The van der Waals surface area contributed by atoms with Crippen LogP contribution in [0.2, 0.25) is 5.02 Å². The molecule has 2 rings (SSSR count). The van der Waals surface area contributed by atoms with E-state index >= 15 is 0 Å². The second-order valence-corrected chi connectivity index (χ2v) is 5.90. The van der Waals surface area contributed by atoms with E-state index in [1.165, 1.54) is 0 Å². The fourth-order valence-electron chi connectivity index (χ4n) is 2.15. The highest BCUT2D eigenvalue weighted by Crippen LogP contribution is 2.26. The van der Waals surface area contributed by atoms with Crippen molar-refractivity contribution in [2.75, 3.05) is 6.54 Å². The second-order valence-electron chi connectivity index (χ2n) is 5.49. The van der Waals surface area contributed by atoms with Gasteiger partial charge in [-0.3, -0.25) is 0 Å². The largest absolute Gasteiger partial charge is 0.489 e. The molecule has 2 N–H and O–H groups in total. The van der Waals surface area contributed by atoms with Crippen molar-refractivity contribution in [2.45, 2.75) is 32.6 Å². The zero-order valence-electron chi connectivity index (χ0n) is 12.9. The van der Waals surface area contributed by atoms with Crippen molar-refractivity contribution >= 4 is 11.6 Å². The van der Waals surface area contributed by atoms with E-state index in [0.29, 0.717) is 23.9 Å². The molecule has 22 heavy (non-hydrogen) atoms. The van der Waals surface area contributed by atoms with Crippen molar-refractivity contribution in [3.63, 3.8) is 0 Å². The molecule has 0 aromatic heterocycles. The monoisotopic (exact) mass is 319 g/mol. The third kappa shape index (κ3) is 5.02. The number of hydrogen-bond acceptors (Lipinski definition) is 3. The average Bonchev–Trinajstić information content (AvgIpc) is 2.50. The molecule has 0 bridgehead atoms. The van der Waals surface area contributed by atoms with Crippen LogP contribution in [0.25, 0.3) is 0 Å². The van der Waals surface area contributed by atoms with Gasteiger partial charge in [-0.15, -0.1) is 0 Å². The van der Waals surface area contributed by atoms with Crippen LogP contribution < -0.4 is 10.1 Å². The maximum Gasteiger partial charge on any atom is 0.138 e. The van der Waals surface area contributed by atoms with Crippen LogP contribution in [0.15, 0.2) is 48.5 Å². The van der Waals surface area contributed by atoms with Crippen molar-refractivity contribution in [3.05, 3.63) is 64.7 Å². The summed E-state index contributed by atoms with van der Waals surface area (Å²) in [6, 6.07) is 15.4. The zero-order valence-corrected chi connectivity index (χ0v) is 13.7. The highest BCUT2D eigenvalue weighted by atomic mass is 35.5. The van der Waals surface area contributed by atoms with Crippen LogP contribution in [0.3, 0.4) is 0 Å². The number of nitrogens with one attached hydrogen (secondary N) is 1. The van der Waals surface area contributed by atoms with E-state index < -0.39 is 6.10 Å². The minimum Gasteiger partial charge on any atom is -0.489 e. The number of benzene rings is 2. The van der Waals surface area contributed by atoms with Gasteiger partial charge in [-0.05, 0) is 37.1 Å². The lowest BCUT2D eigenvalue weighted by Gasteiger charge is -2.14. The van der Waals surface area contributed by atoms with Gasteiger partial charge in [0.2, 0.25) is 0 Å². The summed E-state index contributed by atoms with van der Waals surface area (Å²) in [5, 5.41) is 13.9. The molecule has 0 spiro atoms. The predicted octanol–water partition coefficient (Wildman–Crippen LogP) is 3.95. The van der Waals surface area contributed by atoms with Gasteiger partial charge in [0.1, 0.15) is 5.75 Å². The van der Waals surface area contributed by atoms with Gasteiger partial charge in [0, 0.05) is 13.1 Å². The van der Waals surface area contributed by atoms with Crippen molar-refractivity contribution in [2.24, 2.45) is 0 Å². The van der Waals surface area contributed by atoms with Crippen molar-refractivity contribution < 1.29 is 9.84 Å². The Kier molecular flexibility index (Phi) is 6.25. The molecule has 0 aliphatic carbocycles. The van der Waals surface area contributed by atoms with E-state index in [2.05, 4.69) is 5.32 Å². The minimum absolute atomic E-state index is 0.0995. The van der Waals surface area contributed by atoms with Crippen molar-refractivity contribution in [1.82, 2.24) is 5.32 Å². The highest BCUT2D eigenvalue weighted by Gasteiger charge is 2.08. The molecule has 0 amide bonds. The number of aliphatic hydroxyl groups excluding tert-OH is 1. The topological polar surface area (TPSA) is 41.5 Å². The summed E-state index contributed by atoms with van der Waals surface area (Å²) < 4.78 is 5.61. The van der Waals surface area contributed by atoms with Crippen LogP contribution in [-0.2, 0) is 6.54 Å². The van der Waals surface area contributed by atoms with E-state index in [1.54, 1.807) is 0 Å². The maximum absolute atomic E-state index is 10.1. The summed E-state index contributed by atoms with van der Waals surface area (Å²) in [7, 11) is 0. The molecule has 118 valence electrons. The van der Waals surface area contributed by atoms with Crippen LogP contribution in [0.4, 0.5) is 0 Å². The lowest BCUT2D eigenvalue weighted by Crippen LogP contribution is -2.21. The third-order valence-electron chi connectivity index (χ3n) is 3.21. The maximum atomic E-state index is 10.1. The van der Waals surface area contributed by atoms with Gasteiger partial charge >= 0.3 is 0 Å². The normalized spacial score (nSPS) is 12.4. The molecule has 4 heteroatoms. The molecule has 0 saturated carbocycles. The van der Waals surface area contributed by atoms with Crippen LogP contribution >= 0.6 is 11.6 Å². The number of rotatable bonds is 7. The molecule has 0 aliphatic rings. The fraction of sp³-hybridized carbons (Fsp3) is 0.333. The van der Waals surface area contributed by atoms with Gasteiger partial charge < -0.3 is 15.2 Å². The Morgan fingerprint density at radius 1 is 1.14 bits per heavy atom. The molecule has 0 aliphatic heterocycles. The van der Waals surface area contributed by atoms with Gasteiger partial charge in [0.15, 0.2) is 0 Å². The predicted molar refractivity (Wildman–Crippen MR) is 90.3 cm³/mol. The van der Waals surface area contributed by atoms with Gasteiger partial charge in [0.25, 0.3) is 0 Å². The Hall–Kier alpha value is -1.55. The minimum atomic E-state index is -0.514. The first kappa shape index (κ1) is 16.8. The SMILES string of the molecule is CC(C)Oc1ccc(CNC[C@H](O)c2ccccc2)cc1Cl. The first-order chi connectivity index (χ1) is 10.6. The van der Waals surface area contributed by atoms with E-state index in [0.717, 1.165) is 11.1 Å². The molecule has 0 saturated heterocycles. The van der Waals surface area contributed by atoms with Gasteiger partial charge in [0.05, 0.1) is 17.2 Å². The van der Waals surface area contributed by atoms with Crippen molar-refractivity contribution in [1.29, 1.82) is 0 Å². The molecule has 0 radical (unpaired) electrons. The Bertz CT molecular complexity index is 587. The molecule has 2 aromatic rings. The number of aliphatic hydroxyl groups is 1. The first-order valence-corrected chi connectivity index (χ1v) is 7.83. The molecule has 0 heterocycles. The molecule has 0 unspecified atom stereocenters. The summed E-state index contributed by atoms with van der Waals surface area (Å²) in [5.74, 6) is 0.699. The Balaban J connectivity index is 1.85. The van der Waals surface area contributed by atoms with E-state index in [1.807, 2.05) is 62.4 Å². The second kappa shape index (κ2) is 8.18. The summed E-state index contributed by atoms with van der Waals surface area (Å²) in [4.78, 5) is 0. The average molecular weight is 320 g/mol. The van der Waals surface area contributed by atoms with E-state index in [4.69, 9.17) is 16.3 Å². The summed E-state index contributed by atoms with van der Waals surface area (Å²) >= 11 is 6.21. The van der Waals surface area contributed by atoms with E-state index in [-0.39, 0.29) is 6.10 Å². The Morgan fingerprint density at radius 3 is 2.50 bits per heavy atom. The van der Waals surface area contributed by atoms with Gasteiger partial charge in [-0.25, -0.2) is 0 Å².